The van der Waals surface area contributed by atoms with Gasteiger partial charge in [-0.2, -0.15) is 0 Å². The molecule has 0 aliphatic rings. The molecule has 0 radical (unpaired) electrons. The second kappa shape index (κ2) is 6.13. The highest BCUT2D eigenvalue weighted by molar-refractivity contribution is 5.75. The van der Waals surface area contributed by atoms with E-state index in [4.69, 9.17) is 0 Å². The lowest BCUT2D eigenvalue weighted by Gasteiger charge is -2.16. The summed E-state index contributed by atoms with van der Waals surface area (Å²) in [5.74, 6) is 0.0524. The van der Waals surface area contributed by atoms with Crippen molar-refractivity contribution in [1.29, 1.82) is 0 Å². The van der Waals surface area contributed by atoms with Crippen LogP contribution in [0.15, 0.2) is 12.4 Å². The fraction of sp³-hybridized carbons (Fsp3) is 0.667. The van der Waals surface area contributed by atoms with E-state index < -0.39 is 0 Å². The quantitative estimate of drug-likeness (QED) is 0.635. The number of hydrogen-bond acceptors (Lipinski definition) is 4. The summed E-state index contributed by atoms with van der Waals surface area (Å²) >= 11 is 0. The van der Waals surface area contributed by atoms with Crippen molar-refractivity contribution < 1.29 is 4.79 Å². The number of hydrogen-bond donors (Lipinski definition) is 1. The minimum Gasteiger partial charge on any atom is -0.344 e. The fourth-order valence-electron chi connectivity index (χ4n) is 1.19. The Labute approximate surface area is 89.3 Å². The molecule has 1 heterocycles. The standard InChI is InChI=1S/C9H17N5O/c1-10-4-3-6-13(2)9(15)8-14-7-5-11-12-14/h5,7,10H,3-4,6,8H2,1-2H3. The molecule has 0 fully saturated rings. The monoisotopic (exact) mass is 211 g/mol. The van der Waals surface area contributed by atoms with Crippen LogP contribution in [-0.4, -0.2) is 53.0 Å². The number of likely N-dealkylation sites (N-methyl/N-ethyl adjacent to an activating group) is 1. The zero-order chi connectivity index (χ0) is 11.1. The van der Waals surface area contributed by atoms with E-state index in [9.17, 15) is 4.79 Å². The van der Waals surface area contributed by atoms with Crippen LogP contribution in [0.2, 0.25) is 0 Å². The lowest BCUT2D eigenvalue weighted by atomic mass is 10.4. The highest BCUT2D eigenvalue weighted by Crippen LogP contribution is 1.91. The van der Waals surface area contributed by atoms with Gasteiger partial charge in [0.25, 0.3) is 0 Å². The molecule has 6 heteroatoms. The first-order chi connectivity index (χ1) is 7.24. The van der Waals surface area contributed by atoms with Gasteiger partial charge < -0.3 is 10.2 Å². The summed E-state index contributed by atoms with van der Waals surface area (Å²) in [7, 11) is 3.70. The molecule has 0 atom stereocenters. The molecule has 0 aliphatic heterocycles. The van der Waals surface area contributed by atoms with Gasteiger partial charge in [-0.05, 0) is 20.0 Å². The van der Waals surface area contributed by atoms with Gasteiger partial charge in [0.1, 0.15) is 6.54 Å². The molecule has 1 aromatic heterocycles. The van der Waals surface area contributed by atoms with Gasteiger partial charge in [-0.3, -0.25) is 4.79 Å². The molecule has 1 amide bonds. The zero-order valence-electron chi connectivity index (χ0n) is 9.18. The predicted molar refractivity (Wildman–Crippen MR) is 56.2 cm³/mol. The van der Waals surface area contributed by atoms with Gasteiger partial charge in [-0.1, -0.05) is 5.21 Å². The van der Waals surface area contributed by atoms with E-state index in [1.54, 1.807) is 24.3 Å². The van der Waals surface area contributed by atoms with Gasteiger partial charge in [-0.25, -0.2) is 4.68 Å². The summed E-state index contributed by atoms with van der Waals surface area (Å²) in [4.78, 5) is 13.3. The van der Waals surface area contributed by atoms with E-state index in [1.807, 2.05) is 7.05 Å². The van der Waals surface area contributed by atoms with Crippen molar-refractivity contribution in [3.63, 3.8) is 0 Å². The summed E-state index contributed by atoms with van der Waals surface area (Å²) in [5.41, 5.74) is 0. The minimum absolute atomic E-state index is 0.0524. The first-order valence-electron chi connectivity index (χ1n) is 4.96. The third kappa shape index (κ3) is 4.07. The SMILES string of the molecule is CNCCCN(C)C(=O)Cn1ccnn1. The second-order valence-corrected chi connectivity index (χ2v) is 3.37. The van der Waals surface area contributed by atoms with E-state index in [0.717, 1.165) is 19.5 Å². The van der Waals surface area contributed by atoms with Crippen LogP contribution in [0.5, 0.6) is 0 Å². The maximum absolute atomic E-state index is 11.6. The van der Waals surface area contributed by atoms with Crippen molar-refractivity contribution in [2.75, 3.05) is 27.2 Å². The Balaban J connectivity index is 2.27. The molecule has 1 rings (SSSR count). The Bertz CT molecular complexity index is 285. The van der Waals surface area contributed by atoms with Gasteiger partial charge in [0.05, 0.1) is 6.20 Å². The van der Waals surface area contributed by atoms with Crippen molar-refractivity contribution in [3.05, 3.63) is 12.4 Å². The molecule has 6 nitrogen and oxygen atoms in total. The molecule has 0 saturated heterocycles. The van der Waals surface area contributed by atoms with Crippen LogP contribution in [0.4, 0.5) is 0 Å². The van der Waals surface area contributed by atoms with Gasteiger partial charge in [0.2, 0.25) is 5.91 Å². The van der Waals surface area contributed by atoms with Crippen LogP contribution in [0.3, 0.4) is 0 Å². The molecule has 0 aromatic carbocycles. The van der Waals surface area contributed by atoms with Crippen molar-refractivity contribution in [3.8, 4) is 0 Å². The Morgan fingerprint density at radius 2 is 2.40 bits per heavy atom. The van der Waals surface area contributed by atoms with Crippen LogP contribution < -0.4 is 5.32 Å². The lowest BCUT2D eigenvalue weighted by Crippen LogP contribution is -2.32. The van der Waals surface area contributed by atoms with E-state index >= 15 is 0 Å². The van der Waals surface area contributed by atoms with Crippen LogP contribution >= 0.6 is 0 Å². The summed E-state index contributed by atoms with van der Waals surface area (Å²) in [5, 5.41) is 10.4. The molecular formula is C9H17N5O. The van der Waals surface area contributed by atoms with Crippen molar-refractivity contribution >= 4 is 5.91 Å². The Morgan fingerprint density at radius 3 is 3.00 bits per heavy atom. The number of carbonyl (C=O) groups excluding carboxylic acids is 1. The minimum atomic E-state index is 0.0524. The third-order valence-corrected chi connectivity index (χ3v) is 2.12. The molecule has 0 bridgehead atoms. The molecule has 0 aliphatic carbocycles. The number of rotatable bonds is 6. The molecule has 0 saturated carbocycles. The number of nitrogens with zero attached hydrogens (tertiary/aromatic N) is 4. The number of nitrogens with one attached hydrogen (secondary N) is 1. The number of amides is 1. The average Bonchev–Trinajstić information content (AvgIpc) is 2.70. The third-order valence-electron chi connectivity index (χ3n) is 2.12. The predicted octanol–water partition coefficient (Wildman–Crippen LogP) is -0.654. The van der Waals surface area contributed by atoms with Gasteiger partial charge >= 0.3 is 0 Å². The fourth-order valence-corrected chi connectivity index (χ4v) is 1.19. The molecule has 15 heavy (non-hydrogen) atoms. The Kier molecular flexibility index (Phi) is 4.76. The molecule has 0 spiro atoms. The average molecular weight is 211 g/mol. The summed E-state index contributed by atoms with van der Waals surface area (Å²) in [6, 6.07) is 0. The number of aromatic nitrogens is 3. The van der Waals surface area contributed by atoms with E-state index in [-0.39, 0.29) is 12.5 Å². The highest BCUT2D eigenvalue weighted by atomic mass is 16.2. The second-order valence-electron chi connectivity index (χ2n) is 3.37. The van der Waals surface area contributed by atoms with E-state index in [0.29, 0.717) is 0 Å². The summed E-state index contributed by atoms with van der Waals surface area (Å²) in [6.45, 7) is 1.94. The van der Waals surface area contributed by atoms with Gasteiger partial charge in [-0.15, -0.1) is 5.10 Å². The lowest BCUT2D eigenvalue weighted by molar-refractivity contribution is -0.130. The van der Waals surface area contributed by atoms with Gasteiger partial charge in [0.15, 0.2) is 0 Å². The highest BCUT2D eigenvalue weighted by Gasteiger charge is 2.08. The molecular weight excluding hydrogens is 194 g/mol. The molecule has 1 N–H and O–H groups in total. The Hall–Kier alpha value is -1.43. The first kappa shape index (κ1) is 11.6. The topological polar surface area (TPSA) is 63.1 Å². The van der Waals surface area contributed by atoms with Gasteiger partial charge in [0, 0.05) is 19.8 Å². The molecule has 0 unspecified atom stereocenters. The normalized spacial score (nSPS) is 10.3. The summed E-state index contributed by atoms with van der Waals surface area (Å²) in [6.07, 6.45) is 4.20. The molecule has 84 valence electrons. The Morgan fingerprint density at radius 1 is 1.60 bits per heavy atom. The largest absolute Gasteiger partial charge is 0.344 e. The van der Waals surface area contributed by atoms with Crippen LogP contribution in [0.1, 0.15) is 6.42 Å². The van der Waals surface area contributed by atoms with Crippen molar-refractivity contribution in [2.24, 2.45) is 0 Å². The zero-order valence-corrected chi connectivity index (χ0v) is 9.18. The van der Waals surface area contributed by atoms with E-state index in [2.05, 4.69) is 15.6 Å². The van der Waals surface area contributed by atoms with Crippen LogP contribution in [0.25, 0.3) is 0 Å². The van der Waals surface area contributed by atoms with E-state index in [1.165, 1.54) is 4.68 Å². The summed E-state index contributed by atoms with van der Waals surface area (Å²) < 4.78 is 1.52. The first-order valence-corrected chi connectivity index (χ1v) is 4.96. The number of carbonyl (C=O) groups is 1. The van der Waals surface area contributed by atoms with Crippen LogP contribution in [-0.2, 0) is 11.3 Å². The maximum atomic E-state index is 11.6. The molecule has 1 aromatic rings. The van der Waals surface area contributed by atoms with Crippen LogP contribution in [0, 0.1) is 0 Å². The maximum Gasteiger partial charge on any atom is 0.244 e. The van der Waals surface area contributed by atoms with Crippen molar-refractivity contribution in [1.82, 2.24) is 25.2 Å². The smallest absolute Gasteiger partial charge is 0.244 e. The van der Waals surface area contributed by atoms with Crippen molar-refractivity contribution in [2.45, 2.75) is 13.0 Å².